The molecule has 2 aromatic rings. The maximum atomic E-state index is 13.6. The first kappa shape index (κ1) is 13.4. The number of carbonyl (C=O) groups is 1. The monoisotopic (exact) mass is 324 g/mol. The summed E-state index contributed by atoms with van der Waals surface area (Å²) in [5.41, 5.74) is 6.75. The first-order chi connectivity index (χ1) is 8.97. The van der Waals surface area contributed by atoms with Crippen molar-refractivity contribution in [2.24, 2.45) is 0 Å². The van der Waals surface area contributed by atoms with Gasteiger partial charge in [-0.3, -0.25) is 0 Å². The lowest BCUT2D eigenvalue weighted by atomic mass is 10.1. The van der Waals surface area contributed by atoms with E-state index < -0.39 is 11.8 Å². The van der Waals surface area contributed by atoms with Crippen molar-refractivity contribution in [3.63, 3.8) is 0 Å². The fourth-order valence-electron chi connectivity index (χ4n) is 1.55. The topological polar surface area (TPSA) is 75.4 Å². The van der Waals surface area contributed by atoms with Crippen molar-refractivity contribution >= 4 is 39.0 Å². The van der Waals surface area contributed by atoms with Crippen LogP contribution < -0.4 is 11.1 Å². The van der Waals surface area contributed by atoms with Gasteiger partial charge in [0.25, 0.3) is 0 Å². The lowest BCUT2D eigenvalue weighted by molar-refractivity contribution is 0.0697. The summed E-state index contributed by atoms with van der Waals surface area (Å²) in [5.74, 6) is -1.49. The van der Waals surface area contributed by atoms with Gasteiger partial charge in [-0.2, -0.15) is 0 Å². The Morgan fingerprint density at radius 3 is 2.58 bits per heavy atom. The first-order valence-corrected chi connectivity index (χ1v) is 6.11. The Bertz CT molecular complexity index is 647. The third-order valence-electron chi connectivity index (χ3n) is 2.50. The summed E-state index contributed by atoms with van der Waals surface area (Å²) >= 11 is 3.24. The van der Waals surface area contributed by atoms with Crippen LogP contribution >= 0.6 is 15.9 Å². The smallest absolute Gasteiger partial charge is 0.335 e. The molecular formula is C13H10BrFN2O2. The number of halogens is 2. The van der Waals surface area contributed by atoms with Crippen molar-refractivity contribution in [3.8, 4) is 0 Å². The van der Waals surface area contributed by atoms with Crippen molar-refractivity contribution in [3.05, 3.63) is 52.3 Å². The normalized spacial score (nSPS) is 10.2. The highest BCUT2D eigenvalue weighted by atomic mass is 79.9. The fourth-order valence-corrected chi connectivity index (χ4v) is 1.91. The van der Waals surface area contributed by atoms with Crippen LogP contribution in [-0.2, 0) is 0 Å². The maximum absolute atomic E-state index is 13.6. The second-order valence-corrected chi connectivity index (χ2v) is 4.77. The summed E-state index contributed by atoms with van der Waals surface area (Å²) in [4.78, 5) is 10.8. The van der Waals surface area contributed by atoms with Gasteiger partial charge >= 0.3 is 5.97 Å². The molecule has 0 aliphatic rings. The molecule has 0 spiro atoms. The number of benzene rings is 2. The number of aromatic carboxylic acids is 1. The Labute approximate surface area is 117 Å². The van der Waals surface area contributed by atoms with Crippen molar-refractivity contribution in [2.75, 3.05) is 11.1 Å². The first-order valence-electron chi connectivity index (χ1n) is 5.32. The van der Waals surface area contributed by atoms with Gasteiger partial charge in [0, 0.05) is 4.47 Å². The largest absolute Gasteiger partial charge is 0.478 e. The molecule has 0 saturated carbocycles. The number of carboxylic acid groups (broad SMARTS) is 1. The summed E-state index contributed by atoms with van der Waals surface area (Å²) in [7, 11) is 0. The zero-order valence-corrected chi connectivity index (χ0v) is 11.2. The van der Waals surface area contributed by atoms with E-state index in [4.69, 9.17) is 10.8 Å². The third-order valence-corrected chi connectivity index (χ3v) is 2.99. The second kappa shape index (κ2) is 5.27. The van der Waals surface area contributed by atoms with Crippen LogP contribution in [0.15, 0.2) is 40.9 Å². The molecule has 2 rings (SSSR count). The molecule has 0 saturated heterocycles. The van der Waals surface area contributed by atoms with Crippen LogP contribution in [0.5, 0.6) is 0 Å². The SMILES string of the molecule is Nc1cc(C(=O)O)ccc1Nc1cc(Br)ccc1F. The molecule has 0 atom stereocenters. The molecule has 4 N–H and O–H groups in total. The molecular weight excluding hydrogens is 315 g/mol. The van der Waals surface area contributed by atoms with Gasteiger partial charge in [0.1, 0.15) is 5.82 Å². The number of anilines is 3. The quantitative estimate of drug-likeness (QED) is 0.754. The van der Waals surface area contributed by atoms with Crippen LogP contribution in [0.25, 0.3) is 0 Å². The van der Waals surface area contributed by atoms with Crippen LogP contribution in [-0.4, -0.2) is 11.1 Å². The van der Waals surface area contributed by atoms with E-state index >= 15 is 0 Å². The van der Waals surface area contributed by atoms with Crippen LogP contribution in [0.2, 0.25) is 0 Å². The Hall–Kier alpha value is -2.08. The van der Waals surface area contributed by atoms with Gasteiger partial charge in [0.15, 0.2) is 0 Å². The number of nitrogens with two attached hydrogens (primary N) is 1. The summed E-state index contributed by atoms with van der Waals surface area (Å²) in [6.07, 6.45) is 0. The Morgan fingerprint density at radius 2 is 1.95 bits per heavy atom. The summed E-state index contributed by atoms with van der Waals surface area (Å²) in [6.45, 7) is 0. The van der Waals surface area contributed by atoms with Gasteiger partial charge in [-0.1, -0.05) is 15.9 Å². The predicted octanol–water partition coefficient (Wildman–Crippen LogP) is 3.61. The van der Waals surface area contributed by atoms with E-state index in [-0.39, 0.29) is 16.9 Å². The second-order valence-electron chi connectivity index (χ2n) is 3.86. The predicted molar refractivity (Wildman–Crippen MR) is 75.2 cm³/mol. The molecule has 0 aliphatic carbocycles. The number of nitrogens with one attached hydrogen (secondary N) is 1. The van der Waals surface area contributed by atoms with E-state index in [1.165, 1.54) is 24.3 Å². The highest BCUT2D eigenvalue weighted by Crippen LogP contribution is 2.27. The summed E-state index contributed by atoms with van der Waals surface area (Å²) in [5, 5.41) is 11.7. The summed E-state index contributed by atoms with van der Waals surface area (Å²) in [6, 6.07) is 8.68. The standard InChI is InChI=1S/C13H10BrFN2O2/c14-8-2-3-9(15)12(6-8)17-11-4-1-7(13(18)19)5-10(11)16/h1-6,17H,16H2,(H,18,19). The molecule has 0 radical (unpaired) electrons. The molecule has 19 heavy (non-hydrogen) atoms. The van der Waals surface area contributed by atoms with E-state index in [1.807, 2.05) is 0 Å². The molecule has 0 heterocycles. The zero-order chi connectivity index (χ0) is 14.0. The Morgan fingerprint density at radius 1 is 1.21 bits per heavy atom. The van der Waals surface area contributed by atoms with Crippen LogP contribution in [0.4, 0.5) is 21.5 Å². The van der Waals surface area contributed by atoms with E-state index in [9.17, 15) is 9.18 Å². The van der Waals surface area contributed by atoms with Gasteiger partial charge in [-0.05, 0) is 36.4 Å². The van der Waals surface area contributed by atoms with E-state index in [2.05, 4.69) is 21.2 Å². The third kappa shape index (κ3) is 3.03. The lowest BCUT2D eigenvalue weighted by Gasteiger charge is -2.11. The maximum Gasteiger partial charge on any atom is 0.335 e. The van der Waals surface area contributed by atoms with Gasteiger partial charge in [0.05, 0.1) is 22.6 Å². The fraction of sp³-hybridized carbons (Fsp3) is 0. The molecule has 0 bridgehead atoms. The minimum absolute atomic E-state index is 0.0813. The zero-order valence-electron chi connectivity index (χ0n) is 9.65. The minimum Gasteiger partial charge on any atom is -0.478 e. The molecule has 4 nitrogen and oxygen atoms in total. The lowest BCUT2D eigenvalue weighted by Crippen LogP contribution is -2.02. The number of carboxylic acids is 1. The molecule has 6 heteroatoms. The van der Waals surface area contributed by atoms with Crippen LogP contribution in [0, 0.1) is 5.82 Å². The molecule has 98 valence electrons. The van der Waals surface area contributed by atoms with E-state index in [1.54, 1.807) is 12.1 Å². The molecule has 0 aromatic heterocycles. The molecule has 0 fully saturated rings. The van der Waals surface area contributed by atoms with E-state index in [0.717, 1.165) is 4.47 Å². The van der Waals surface area contributed by atoms with Gasteiger partial charge in [-0.25, -0.2) is 9.18 Å². The molecule has 2 aromatic carbocycles. The Balaban J connectivity index is 2.33. The highest BCUT2D eigenvalue weighted by Gasteiger charge is 2.08. The number of hydrogen-bond donors (Lipinski definition) is 3. The van der Waals surface area contributed by atoms with Crippen molar-refractivity contribution in [2.45, 2.75) is 0 Å². The molecule has 0 unspecified atom stereocenters. The molecule has 0 amide bonds. The summed E-state index contributed by atoms with van der Waals surface area (Å²) < 4.78 is 14.3. The Kier molecular flexibility index (Phi) is 3.71. The molecule has 0 aliphatic heterocycles. The van der Waals surface area contributed by atoms with E-state index in [0.29, 0.717) is 5.69 Å². The van der Waals surface area contributed by atoms with Crippen molar-refractivity contribution in [1.82, 2.24) is 0 Å². The minimum atomic E-state index is -1.06. The van der Waals surface area contributed by atoms with Crippen molar-refractivity contribution < 1.29 is 14.3 Å². The number of nitrogen functional groups attached to an aromatic ring is 1. The highest BCUT2D eigenvalue weighted by molar-refractivity contribution is 9.10. The van der Waals surface area contributed by atoms with Gasteiger partial charge in [0.2, 0.25) is 0 Å². The van der Waals surface area contributed by atoms with Gasteiger partial charge < -0.3 is 16.2 Å². The van der Waals surface area contributed by atoms with Crippen LogP contribution in [0.3, 0.4) is 0 Å². The van der Waals surface area contributed by atoms with Crippen LogP contribution in [0.1, 0.15) is 10.4 Å². The number of rotatable bonds is 3. The van der Waals surface area contributed by atoms with Gasteiger partial charge in [-0.15, -0.1) is 0 Å². The average molecular weight is 325 g/mol. The van der Waals surface area contributed by atoms with Crippen molar-refractivity contribution in [1.29, 1.82) is 0 Å². The number of hydrogen-bond acceptors (Lipinski definition) is 3. The average Bonchev–Trinajstić information content (AvgIpc) is 2.36.